The fourth-order valence-corrected chi connectivity index (χ4v) is 9.74. The third-order valence-electron chi connectivity index (χ3n) is 12.6. The molecule has 1 aromatic heterocycles. The molecular formula is C60H40N2. The Hall–Kier alpha value is -8.20. The monoisotopic (exact) mass is 788 g/mol. The molecule has 0 aliphatic carbocycles. The lowest BCUT2D eigenvalue weighted by Crippen LogP contribution is -2.11. The lowest BCUT2D eigenvalue weighted by molar-refractivity contribution is 1.19. The Morgan fingerprint density at radius 2 is 0.806 bits per heavy atom. The van der Waals surface area contributed by atoms with Gasteiger partial charge in [0.25, 0.3) is 0 Å². The number of rotatable bonds is 7. The average Bonchev–Trinajstić information content (AvgIpc) is 3.69. The quantitative estimate of drug-likeness (QED) is 0.156. The predicted molar refractivity (Wildman–Crippen MR) is 264 cm³/mol. The highest BCUT2D eigenvalue weighted by atomic mass is 15.1. The Bertz CT molecular complexity index is 3600. The third kappa shape index (κ3) is 5.88. The van der Waals surface area contributed by atoms with Gasteiger partial charge in [0.1, 0.15) is 0 Å². The lowest BCUT2D eigenvalue weighted by atomic mass is 9.94. The zero-order valence-electron chi connectivity index (χ0n) is 34.0. The van der Waals surface area contributed by atoms with Gasteiger partial charge in [-0.15, -0.1) is 0 Å². The van der Waals surface area contributed by atoms with Crippen LogP contribution in [0.2, 0.25) is 0 Å². The molecule has 0 aliphatic heterocycles. The first-order valence-electron chi connectivity index (χ1n) is 21.3. The number of hydrogen-bond donors (Lipinski definition) is 0. The number of para-hydroxylation sites is 1. The minimum absolute atomic E-state index is 1.09. The van der Waals surface area contributed by atoms with Crippen LogP contribution >= 0.6 is 0 Å². The highest BCUT2D eigenvalue weighted by molar-refractivity contribution is 6.25. The molecule has 0 radical (unpaired) electrons. The summed E-state index contributed by atoms with van der Waals surface area (Å²) in [6, 6.07) is 88.4. The lowest BCUT2D eigenvalue weighted by Gasteiger charge is -2.28. The summed E-state index contributed by atoms with van der Waals surface area (Å²) in [7, 11) is 0. The van der Waals surface area contributed by atoms with Crippen LogP contribution in [-0.2, 0) is 0 Å². The molecule has 0 saturated heterocycles. The van der Waals surface area contributed by atoms with E-state index in [-0.39, 0.29) is 0 Å². The first kappa shape index (κ1) is 35.7. The van der Waals surface area contributed by atoms with Gasteiger partial charge in [-0.1, -0.05) is 194 Å². The van der Waals surface area contributed by atoms with Crippen molar-refractivity contribution in [2.45, 2.75) is 0 Å². The van der Waals surface area contributed by atoms with Gasteiger partial charge in [0.15, 0.2) is 0 Å². The molecule has 0 amide bonds. The summed E-state index contributed by atoms with van der Waals surface area (Å²) in [6.07, 6.45) is 0. The van der Waals surface area contributed by atoms with Gasteiger partial charge in [-0.2, -0.15) is 0 Å². The SMILES string of the molecule is c1ccc(-c2ccc(N(c3ccc(-c4cccc5ccccc45)cc3)c3ccc(-n4c5ccccc5c5c6c(-c7ccccc7)cccc6ccc54)c4ccccc34)cc2)cc1. The van der Waals surface area contributed by atoms with Crippen molar-refractivity contribution in [1.29, 1.82) is 0 Å². The van der Waals surface area contributed by atoms with Gasteiger partial charge >= 0.3 is 0 Å². The van der Waals surface area contributed by atoms with Crippen molar-refractivity contribution in [3.63, 3.8) is 0 Å². The molecule has 290 valence electrons. The normalized spacial score (nSPS) is 11.5. The van der Waals surface area contributed by atoms with Gasteiger partial charge in [0.2, 0.25) is 0 Å². The van der Waals surface area contributed by atoms with Crippen LogP contribution in [0.15, 0.2) is 243 Å². The molecule has 12 aromatic rings. The van der Waals surface area contributed by atoms with E-state index in [9.17, 15) is 0 Å². The van der Waals surface area contributed by atoms with Crippen LogP contribution in [0.25, 0.3) is 93.2 Å². The minimum Gasteiger partial charge on any atom is -0.310 e. The second kappa shape index (κ2) is 14.8. The van der Waals surface area contributed by atoms with Gasteiger partial charge in [0.05, 0.1) is 22.4 Å². The van der Waals surface area contributed by atoms with E-state index in [0.717, 1.165) is 22.7 Å². The minimum atomic E-state index is 1.09. The van der Waals surface area contributed by atoms with Crippen LogP contribution in [0.4, 0.5) is 17.1 Å². The molecule has 0 aliphatic rings. The number of hydrogen-bond acceptors (Lipinski definition) is 1. The average molecular weight is 789 g/mol. The second-order valence-electron chi connectivity index (χ2n) is 16.1. The zero-order valence-corrected chi connectivity index (χ0v) is 34.0. The first-order valence-corrected chi connectivity index (χ1v) is 21.3. The van der Waals surface area contributed by atoms with E-state index in [1.54, 1.807) is 0 Å². The molecule has 2 nitrogen and oxygen atoms in total. The smallest absolute Gasteiger partial charge is 0.0548 e. The number of aromatic nitrogens is 1. The van der Waals surface area contributed by atoms with Crippen molar-refractivity contribution in [3.8, 4) is 39.1 Å². The van der Waals surface area contributed by atoms with Crippen molar-refractivity contribution in [2.75, 3.05) is 4.90 Å². The van der Waals surface area contributed by atoms with E-state index in [0.29, 0.717) is 0 Å². The van der Waals surface area contributed by atoms with E-state index < -0.39 is 0 Å². The van der Waals surface area contributed by atoms with Gasteiger partial charge < -0.3 is 9.47 Å². The van der Waals surface area contributed by atoms with Crippen LogP contribution in [0.1, 0.15) is 0 Å². The zero-order chi connectivity index (χ0) is 41.0. The standard InChI is InChI=1S/C60H40N2/c1-3-15-41(16-4-1)42-29-34-47(35-30-42)61(48-36-31-45(32-37-48)50-26-13-20-43-19-7-8-22-49(43)50)56-39-40-57(53-24-10-9-23-52(53)56)62-55-28-12-11-25-54(55)60-58(62)38-33-46-21-14-27-51(59(46)60)44-17-5-2-6-18-44/h1-40H. The Morgan fingerprint density at radius 3 is 1.55 bits per heavy atom. The molecule has 11 aromatic carbocycles. The Labute approximate surface area is 360 Å². The molecule has 0 bridgehead atoms. The molecule has 2 heteroatoms. The maximum Gasteiger partial charge on any atom is 0.0548 e. The summed E-state index contributed by atoms with van der Waals surface area (Å²) in [5.74, 6) is 0. The Kier molecular flexibility index (Phi) is 8.53. The molecule has 0 unspecified atom stereocenters. The molecule has 0 spiro atoms. The summed E-state index contributed by atoms with van der Waals surface area (Å²) in [5, 5.41) is 9.90. The van der Waals surface area contributed by atoms with E-state index >= 15 is 0 Å². The van der Waals surface area contributed by atoms with Crippen molar-refractivity contribution in [1.82, 2.24) is 4.57 Å². The molecule has 0 fully saturated rings. The number of nitrogens with zero attached hydrogens (tertiary/aromatic N) is 2. The molecular weight excluding hydrogens is 749 g/mol. The fourth-order valence-electron chi connectivity index (χ4n) is 9.74. The van der Waals surface area contributed by atoms with Crippen molar-refractivity contribution in [2.24, 2.45) is 0 Å². The predicted octanol–water partition coefficient (Wildman–Crippen LogP) is 16.7. The molecule has 0 saturated carbocycles. The van der Waals surface area contributed by atoms with E-state index in [1.165, 1.54) is 87.5 Å². The van der Waals surface area contributed by atoms with E-state index in [1.807, 2.05) is 0 Å². The first-order chi connectivity index (χ1) is 30.8. The highest BCUT2D eigenvalue weighted by Crippen LogP contribution is 2.45. The van der Waals surface area contributed by atoms with Crippen LogP contribution in [-0.4, -0.2) is 4.57 Å². The molecule has 0 atom stereocenters. The maximum atomic E-state index is 2.48. The van der Waals surface area contributed by atoms with Crippen LogP contribution in [0.5, 0.6) is 0 Å². The number of fused-ring (bicyclic) bond motifs is 7. The summed E-state index contributed by atoms with van der Waals surface area (Å²) < 4.78 is 2.48. The summed E-state index contributed by atoms with van der Waals surface area (Å²) in [6.45, 7) is 0. The van der Waals surface area contributed by atoms with E-state index in [2.05, 4.69) is 252 Å². The summed E-state index contributed by atoms with van der Waals surface area (Å²) >= 11 is 0. The Balaban J connectivity index is 1.06. The van der Waals surface area contributed by atoms with Crippen LogP contribution in [0, 0.1) is 0 Å². The van der Waals surface area contributed by atoms with Gasteiger partial charge in [0, 0.05) is 32.9 Å². The van der Waals surface area contributed by atoms with Crippen molar-refractivity contribution >= 4 is 71.2 Å². The second-order valence-corrected chi connectivity index (χ2v) is 16.1. The summed E-state index contributed by atoms with van der Waals surface area (Å²) in [5.41, 5.74) is 14.1. The van der Waals surface area contributed by atoms with Crippen molar-refractivity contribution < 1.29 is 0 Å². The highest BCUT2D eigenvalue weighted by Gasteiger charge is 2.22. The number of anilines is 3. The molecule has 12 rings (SSSR count). The van der Waals surface area contributed by atoms with Crippen LogP contribution in [0.3, 0.4) is 0 Å². The topological polar surface area (TPSA) is 8.17 Å². The maximum absolute atomic E-state index is 2.48. The summed E-state index contributed by atoms with van der Waals surface area (Å²) in [4.78, 5) is 2.42. The third-order valence-corrected chi connectivity index (χ3v) is 12.6. The molecule has 62 heavy (non-hydrogen) atoms. The molecule has 1 heterocycles. The van der Waals surface area contributed by atoms with Gasteiger partial charge in [-0.05, 0) is 103 Å². The van der Waals surface area contributed by atoms with Gasteiger partial charge in [-0.25, -0.2) is 0 Å². The number of benzene rings is 11. The van der Waals surface area contributed by atoms with Crippen molar-refractivity contribution in [3.05, 3.63) is 243 Å². The van der Waals surface area contributed by atoms with Gasteiger partial charge in [-0.3, -0.25) is 0 Å². The fraction of sp³-hybridized carbons (Fsp3) is 0. The van der Waals surface area contributed by atoms with Crippen LogP contribution < -0.4 is 4.90 Å². The van der Waals surface area contributed by atoms with E-state index in [4.69, 9.17) is 0 Å². The largest absolute Gasteiger partial charge is 0.310 e. The molecule has 0 N–H and O–H groups in total. The Morgan fingerprint density at radius 1 is 0.274 bits per heavy atom.